The van der Waals surface area contributed by atoms with Crippen molar-refractivity contribution < 1.29 is 13.2 Å². The predicted octanol–water partition coefficient (Wildman–Crippen LogP) is 0.721. The highest BCUT2D eigenvalue weighted by Crippen LogP contribution is 2.18. The lowest BCUT2D eigenvalue weighted by atomic mass is 10.1. The minimum absolute atomic E-state index is 0.123. The predicted molar refractivity (Wildman–Crippen MR) is 63.2 cm³/mol. The average Bonchev–Trinajstić information content (AvgIpc) is 2.68. The van der Waals surface area contributed by atoms with Gasteiger partial charge in [0.15, 0.2) is 9.84 Å². The molecule has 2 aliphatic heterocycles. The Hall–Kier alpha value is -0.130. The molecule has 4 nitrogen and oxygen atoms in total. The van der Waals surface area contributed by atoms with Crippen molar-refractivity contribution in [3.05, 3.63) is 0 Å². The molecule has 2 heterocycles. The molecule has 94 valence electrons. The molecule has 0 spiro atoms. The Bertz CT molecular complexity index is 322. The lowest BCUT2D eigenvalue weighted by Gasteiger charge is -2.29. The minimum Gasteiger partial charge on any atom is -0.377 e. The first-order valence-electron chi connectivity index (χ1n) is 6.15. The van der Waals surface area contributed by atoms with E-state index in [1.54, 1.807) is 0 Å². The van der Waals surface area contributed by atoms with Crippen LogP contribution in [0.25, 0.3) is 0 Å². The third-order valence-electron chi connectivity index (χ3n) is 3.48. The Balaban J connectivity index is 1.84. The Morgan fingerprint density at radius 3 is 2.75 bits per heavy atom. The topological polar surface area (TPSA) is 55.4 Å². The summed E-state index contributed by atoms with van der Waals surface area (Å²) >= 11 is 0. The van der Waals surface area contributed by atoms with Gasteiger partial charge in [-0.25, -0.2) is 8.42 Å². The molecule has 0 saturated carbocycles. The highest BCUT2D eigenvalue weighted by Gasteiger charge is 2.29. The van der Waals surface area contributed by atoms with E-state index in [0.29, 0.717) is 11.5 Å². The molecule has 0 aliphatic carbocycles. The van der Waals surface area contributed by atoms with Crippen molar-refractivity contribution in [3.8, 4) is 0 Å². The molecular weight excluding hydrogens is 226 g/mol. The van der Waals surface area contributed by atoms with Crippen molar-refractivity contribution in [2.45, 2.75) is 50.8 Å². The van der Waals surface area contributed by atoms with Crippen LogP contribution in [0.15, 0.2) is 0 Å². The second-order valence-electron chi connectivity index (χ2n) is 4.96. The van der Waals surface area contributed by atoms with E-state index in [2.05, 4.69) is 12.2 Å². The Morgan fingerprint density at radius 2 is 2.12 bits per heavy atom. The quantitative estimate of drug-likeness (QED) is 0.798. The maximum atomic E-state index is 11.5. The molecule has 16 heavy (non-hydrogen) atoms. The number of hydrogen-bond donors (Lipinski definition) is 1. The molecule has 3 unspecified atom stereocenters. The smallest absolute Gasteiger partial charge is 0.151 e. The van der Waals surface area contributed by atoms with Gasteiger partial charge in [0, 0.05) is 18.7 Å². The van der Waals surface area contributed by atoms with E-state index in [0.717, 1.165) is 32.3 Å². The first-order chi connectivity index (χ1) is 7.57. The lowest BCUT2D eigenvalue weighted by molar-refractivity contribution is 0.0799. The number of hydrogen-bond acceptors (Lipinski definition) is 4. The third-order valence-corrected chi connectivity index (χ3v) is 5.31. The Labute approximate surface area is 97.7 Å². The van der Waals surface area contributed by atoms with Gasteiger partial charge in [-0.2, -0.15) is 0 Å². The van der Waals surface area contributed by atoms with Gasteiger partial charge >= 0.3 is 0 Å². The summed E-state index contributed by atoms with van der Waals surface area (Å²) in [5.74, 6) is 0.656. The van der Waals surface area contributed by atoms with E-state index in [-0.39, 0.29) is 18.2 Å². The third kappa shape index (κ3) is 3.18. The van der Waals surface area contributed by atoms with Crippen LogP contribution >= 0.6 is 0 Å². The second-order valence-corrected chi connectivity index (χ2v) is 7.19. The summed E-state index contributed by atoms with van der Waals surface area (Å²) in [7, 11) is -2.80. The van der Waals surface area contributed by atoms with Crippen LogP contribution in [0.5, 0.6) is 0 Å². The van der Waals surface area contributed by atoms with Crippen LogP contribution in [0.1, 0.15) is 32.6 Å². The van der Waals surface area contributed by atoms with Crippen LogP contribution in [0.4, 0.5) is 0 Å². The SMILES string of the molecule is CC(NC1CCCS(=O)(=O)C1)C1CCCO1. The van der Waals surface area contributed by atoms with Crippen molar-refractivity contribution in [3.63, 3.8) is 0 Å². The minimum atomic E-state index is -2.80. The number of sulfone groups is 1. The highest BCUT2D eigenvalue weighted by molar-refractivity contribution is 7.91. The average molecular weight is 247 g/mol. The molecular formula is C11H21NO3S. The number of ether oxygens (including phenoxy) is 1. The summed E-state index contributed by atoms with van der Waals surface area (Å²) in [5.41, 5.74) is 0. The first kappa shape index (κ1) is 12.3. The molecule has 0 bridgehead atoms. The maximum absolute atomic E-state index is 11.5. The van der Waals surface area contributed by atoms with Gasteiger partial charge in [0.2, 0.25) is 0 Å². The molecule has 2 saturated heterocycles. The fourth-order valence-corrected chi connectivity index (χ4v) is 4.28. The summed E-state index contributed by atoms with van der Waals surface area (Å²) in [6.45, 7) is 2.94. The summed E-state index contributed by atoms with van der Waals surface area (Å²) in [6.07, 6.45) is 4.24. The monoisotopic (exact) mass is 247 g/mol. The molecule has 5 heteroatoms. The van der Waals surface area contributed by atoms with Gasteiger partial charge in [0.1, 0.15) is 0 Å². The van der Waals surface area contributed by atoms with Gasteiger partial charge < -0.3 is 10.1 Å². The molecule has 2 fully saturated rings. The summed E-state index contributed by atoms with van der Waals surface area (Å²) in [4.78, 5) is 0. The van der Waals surface area contributed by atoms with Gasteiger partial charge in [-0.1, -0.05) is 0 Å². The highest BCUT2D eigenvalue weighted by atomic mass is 32.2. The summed E-state index contributed by atoms with van der Waals surface area (Å²) in [5, 5.41) is 3.41. The van der Waals surface area contributed by atoms with Gasteiger partial charge in [-0.15, -0.1) is 0 Å². The van der Waals surface area contributed by atoms with Gasteiger partial charge in [-0.3, -0.25) is 0 Å². The number of nitrogens with one attached hydrogen (secondary N) is 1. The van der Waals surface area contributed by atoms with Gasteiger partial charge in [-0.05, 0) is 32.6 Å². The van der Waals surface area contributed by atoms with Crippen molar-refractivity contribution in [1.82, 2.24) is 5.32 Å². The zero-order valence-corrected chi connectivity index (χ0v) is 10.6. The van der Waals surface area contributed by atoms with E-state index >= 15 is 0 Å². The van der Waals surface area contributed by atoms with Gasteiger partial charge in [0.05, 0.1) is 17.6 Å². The fourth-order valence-electron chi connectivity index (χ4n) is 2.63. The van der Waals surface area contributed by atoms with Crippen LogP contribution < -0.4 is 5.32 Å². The van der Waals surface area contributed by atoms with Crippen molar-refractivity contribution >= 4 is 9.84 Å². The Kier molecular flexibility index (Phi) is 3.87. The normalized spacial score (nSPS) is 36.1. The van der Waals surface area contributed by atoms with E-state index in [1.807, 2.05) is 0 Å². The van der Waals surface area contributed by atoms with E-state index < -0.39 is 9.84 Å². The summed E-state index contributed by atoms with van der Waals surface area (Å²) in [6, 6.07) is 0.388. The van der Waals surface area contributed by atoms with E-state index in [4.69, 9.17) is 4.74 Å². The van der Waals surface area contributed by atoms with Crippen LogP contribution in [0, 0.1) is 0 Å². The molecule has 0 aromatic rings. The summed E-state index contributed by atoms with van der Waals surface area (Å²) < 4.78 is 28.6. The number of rotatable bonds is 3. The molecule has 0 aromatic heterocycles. The molecule has 1 N–H and O–H groups in total. The lowest BCUT2D eigenvalue weighted by Crippen LogP contribution is -2.48. The van der Waals surface area contributed by atoms with Crippen LogP contribution in [-0.2, 0) is 14.6 Å². The molecule has 0 radical (unpaired) electrons. The standard InChI is InChI=1S/C11H21NO3S/c1-9(11-5-2-6-15-11)12-10-4-3-7-16(13,14)8-10/h9-12H,2-8H2,1H3. The molecule has 0 aromatic carbocycles. The largest absolute Gasteiger partial charge is 0.377 e. The van der Waals surface area contributed by atoms with Crippen LogP contribution in [0.2, 0.25) is 0 Å². The molecule has 2 rings (SSSR count). The van der Waals surface area contributed by atoms with E-state index in [9.17, 15) is 8.42 Å². The van der Waals surface area contributed by atoms with E-state index in [1.165, 1.54) is 0 Å². The second kappa shape index (κ2) is 5.02. The molecule has 0 amide bonds. The Morgan fingerprint density at radius 1 is 1.31 bits per heavy atom. The zero-order chi connectivity index (χ0) is 11.6. The van der Waals surface area contributed by atoms with Crippen molar-refractivity contribution in [2.24, 2.45) is 0 Å². The fraction of sp³-hybridized carbons (Fsp3) is 1.00. The van der Waals surface area contributed by atoms with Crippen LogP contribution in [0.3, 0.4) is 0 Å². The van der Waals surface area contributed by atoms with Gasteiger partial charge in [0.25, 0.3) is 0 Å². The maximum Gasteiger partial charge on any atom is 0.151 e. The molecule has 2 aliphatic rings. The molecule has 3 atom stereocenters. The van der Waals surface area contributed by atoms with Crippen LogP contribution in [-0.4, -0.2) is 44.7 Å². The van der Waals surface area contributed by atoms with Crippen molar-refractivity contribution in [1.29, 1.82) is 0 Å². The van der Waals surface area contributed by atoms with Crippen molar-refractivity contribution in [2.75, 3.05) is 18.1 Å². The zero-order valence-electron chi connectivity index (χ0n) is 9.81. The first-order valence-corrected chi connectivity index (χ1v) is 7.97.